The van der Waals surface area contributed by atoms with E-state index in [0.717, 1.165) is 37.5 Å². The normalized spacial score (nSPS) is 16.5. The van der Waals surface area contributed by atoms with Gasteiger partial charge in [0.05, 0.1) is 11.9 Å². The maximum atomic E-state index is 12.4. The van der Waals surface area contributed by atoms with Gasteiger partial charge in [-0.3, -0.25) is 9.10 Å². The Hall–Kier alpha value is -1.56. The molecule has 0 saturated heterocycles. The summed E-state index contributed by atoms with van der Waals surface area (Å²) >= 11 is 0. The van der Waals surface area contributed by atoms with E-state index in [1.54, 1.807) is 12.1 Å². The Kier molecular flexibility index (Phi) is 6.14. The number of hydrogen-bond acceptors (Lipinski definition) is 3. The lowest BCUT2D eigenvalue weighted by Gasteiger charge is -2.26. The molecule has 25 heavy (non-hydrogen) atoms. The van der Waals surface area contributed by atoms with Crippen molar-refractivity contribution in [2.24, 2.45) is 0 Å². The smallest absolute Gasteiger partial charge is 0.240 e. The second kappa shape index (κ2) is 7.77. The molecule has 0 aromatic heterocycles. The second-order valence-electron chi connectivity index (χ2n) is 7.97. The minimum atomic E-state index is -3.53. The van der Waals surface area contributed by atoms with Crippen molar-refractivity contribution in [2.75, 3.05) is 17.1 Å². The van der Waals surface area contributed by atoms with Crippen LogP contribution in [0.25, 0.3) is 0 Å². The number of anilines is 1. The zero-order valence-electron chi connectivity index (χ0n) is 15.7. The number of carbonyl (C=O) groups is 1. The molecule has 5 nitrogen and oxygen atoms in total. The van der Waals surface area contributed by atoms with Crippen molar-refractivity contribution >= 4 is 21.6 Å². The summed E-state index contributed by atoms with van der Waals surface area (Å²) < 4.78 is 25.6. The zero-order chi connectivity index (χ0) is 18.7. The van der Waals surface area contributed by atoms with Gasteiger partial charge in [-0.2, -0.15) is 0 Å². The van der Waals surface area contributed by atoms with Gasteiger partial charge in [0.15, 0.2) is 0 Å². The van der Waals surface area contributed by atoms with Crippen molar-refractivity contribution in [1.82, 2.24) is 5.32 Å². The van der Waals surface area contributed by atoms with E-state index in [4.69, 9.17) is 0 Å². The van der Waals surface area contributed by atoms with E-state index >= 15 is 0 Å². The highest BCUT2D eigenvalue weighted by molar-refractivity contribution is 7.92. The van der Waals surface area contributed by atoms with Gasteiger partial charge in [0.1, 0.15) is 6.54 Å². The summed E-state index contributed by atoms with van der Waals surface area (Å²) in [6.45, 7) is 6.14. The number of amides is 1. The average molecular weight is 367 g/mol. The van der Waals surface area contributed by atoms with E-state index in [1.165, 1.54) is 10.7 Å². The van der Waals surface area contributed by atoms with Crippen molar-refractivity contribution < 1.29 is 13.2 Å². The minimum Gasteiger partial charge on any atom is -0.352 e. The molecule has 140 valence electrons. The fraction of sp³-hybridized carbons (Fsp3) is 0.632. The molecule has 0 atom stereocenters. The quantitative estimate of drug-likeness (QED) is 0.870. The van der Waals surface area contributed by atoms with Crippen LogP contribution in [0, 0.1) is 0 Å². The maximum absolute atomic E-state index is 12.4. The minimum absolute atomic E-state index is 0.00714. The molecule has 6 heteroatoms. The van der Waals surface area contributed by atoms with E-state index in [9.17, 15) is 13.2 Å². The molecule has 0 bridgehead atoms. The third-order valence-corrected chi connectivity index (χ3v) is 5.82. The number of nitrogens with one attached hydrogen (secondary N) is 1. The van der Waals surface area contributed by atoms with Crippen LogP contribution in [0.2, 0.25) is 0 Å². The molecule has 1 amide bonds. The van der Waals surface area contributed by atoms with Crippen LogP contribution in [0.15, 0.2) is 24.3 Å². The molecule has 1 fully saturated rings. The van der Waals surface area contributed by atoms with Crippen LogP contribution in [0.5, 0.6) is 0 Å². The summed E-state index contributed by atoms with van der Waals surface area (Å²) in [6, 6.07) is 7.57. The highest BCUT2D eigenvalue weighted by Gasteiger charge is 2.23. The van der Waals surface area contributed by atoms with Gasteiger partial charge in [0.2, 0.25) is 15.9 Å². The second-order valence-corrected chi connectivity index (χ2v) is 9.88. The Morgan fingerprint density at radius 1 is 1.12 bits per heavy atom. The molecule has 1 aliphatic carbocycles. The van der Waals surface area contributed by atoms with Crippen molar-refractivity contribution in [1.29, 1.82) is 0 Å². The molecule has 0 spiro atoms. The molecule has 1 aliphatic rings. The zero-order valence-corrected chi connectivity index (χ0v) is 16.5. The summed E-state index contributed by atoms with van der Waals surface area (Å²) in [4.78, 5) is 12.4. The van der Waals surface area contributed by atoms with Crippen molar-refractivity contribution in [3.63, 3.8) is 0 Å². The number of rotatable bonds is 5. The Morgan fingerprint density at radius 3 is 2.16 bits per heavy atom. The number of benzene rings is 1. The molecule has 0 aliphatic heterocycles. The fourth-order valence-electron chi connectivity index (χ4n) is 3.18. The van der Waals surface area contributed by atoms with Gasteiger partial charge < -0.3 is 5.32 Å². The molecule has 2 rings (SSSR count). The predicted molar refractivity (Wildman–Crippen MR) is 102 cm³/mol. The summed E-state index contributed by atoms with van der Waals surface area (Å²) in [7, 11) is -3.53. The van der Waals surface area contributed by atoms with Gasteiger partial charge in [-0.25, -0.2) is 8.42 Å². The predicted octanol–water partition coefficient (Wildman–Crippen LogP) is 3.20. The average Bonchev–Trinajstić information content (AvgIpc) is 2.52. The summed E-state index contributed by atoms with van der Waals surface area (Å²) in [5.41, 5.74) is 1.64. The Labute approximate surface area is 151 Å². The van der Waals surface area contributed by atoms with E-state index in [0.29, 0.717) is 5.69 Å². The van der Waals surface area contributed by atoms with Crippen LogP contribution in [-0.4, -0.2) is 33.2 Å². The largest absolute Gasteiger partial charge is 0.352 e. The molecule has 1 aromatic carbocycles. The summed E-state index contributed by atoms with van der Waals surface area (Å²) in [6.07, 6.45) is 6.54. The highest BCUT2D eigenvalue weighted by atomic mass is 32.2. The van der Waals surface area contributed by atoms with Gasteiger partial charge in [-0.15, -0.1) is 0 Å². The van der Waals surface area contributed by atoms with Gasteiger partial charge in [-0.05, 0) is 36.0 Å². The van der Waals surface area contributed by atoms with Gasteiger partial charge in [-0.1, -0.05) is 52.2 Å². The first-order chi connectivity index (χ1) is 11.6. The van der Waals surface area contributed by atoms with Crippen molar-refractivity contribution in [3.05, 3.63) is 29.8 Å². The van der Waals surface area contributed by atoms with Crippen molar-refractivity contribution in [2.45, 2.75) is 64.3 Å². The maximum Gasteiger partial charge on any atom is 0.240 e. The lowest BCUT2D eigenvalue weighted by molar-refractivity contribution is -0.120. The van der Waals surface area contributed by atoms with Gasteiger partial charge in [0.25, 0.3) is 0 Å². The van der Waals surface area contributed by atoms with Crippen LogP contribution in [0.1, 0.15) is 58.4 Å². The molecule has 0 radical (unpaired) electrons. The fourth-order valence-corrected chi connectivity index (χ4v) is 4.03. The Balaban J connectivity index is 2.12. The summed E-state index contributed by atoms with van der Waals surface area (Å²) in [5.74, 6) is -0.239. The van der Waals surface area contributed by atoms with Crippen LogP contribution < -0.4 is 9.62 Å². The first-order valence-electron chi connectivity index (χ1n) is 8.95. The third-order valence-electron chi connectivity index (χ3n) is 4.68. The Bertz CT molecular complexity index is 684. The number of nitrogens with zero attached hydrogens (tertiary/aromatic N) is 1. The highest BCUT2D eigenvalue weighted by Crippen LogP contribution is 2.26. The van der Waals surface area contributed by atoms with Gasteiger partial charge >= 0.3 is 0 Å². The molecule has 1 aromatic rings. The van der Waals surface area contributed by atoms with Crippen LogP contribution in [0.4, 0.5) is 5.69 Å². The number of hydrogen-bond donors (Lipinski definition) is 1. The summed E-state index contributed by atoms with van der Waals surface area (Å²) in [5, 5.41) is 2.98. The van der Waals surface area contributed by atoms with E-state index in [1.807, 2.05) is 12.1 Å². The molecule has 0 heterocycles. The molecule has 1 saturated carbocycles. The molecule has 1 N–H and O–H groups in total. The Morgan fingerprint density at radius 2 is 1.68 bits per heavy atom. The topological polar surface area (TPSA) is 66.5 Å². The van der Waals surface area contributed by atoms with Gasteiger partial charge in [0, 0.05) is 6.04 Å². The van der Waals surface area contributed by atoms with Crippen LogP contribution >= 0.6 is 0 Å². The third kappa shape index (κ3) is 5.73. The van der Waals surface area contributed by atoms with E-state index < -0.39 is 10.0 Å². The first kappa shape index (κ1) is 19.8. The van der Waals surface area contributed by atoms with Crippen LogP contribution in [0.3, 0.4) is 0 Å². The molecular formula is C19H30N2O3S. The number of carbonyl (C=O) groups excluding carboxylic acids is 1. The lowest BCUT2D eigenvalue weighted by Crippen LogP contribution is -2.44. The molecule has 0 unspecified atom stereocenters. The van der Waals surface area contributed by atoms with E-state index in [2.05, 4.69) is 26.1 Å². The standard InChI is InChI=1S/C19H30N2O3S/c1-19(2,3)15-10-12-17(13-11-15)21(25(4,23)24)14-18(22)20-16-8-6-5-7-9-16/h10-13,16H,5-9,14H2,1-4H3,(H,20,22). The van der Waals surface area contributed by atoms with Crippen LogP contribution in [-0.2, 0) is 20.2 Å². The van der Waals surface area contributed by atoms with E-state index in [-0.39, 0.29) is 23.9 Å². The van der Waals surface area contributed by atoms with Crippen molar-refractivity contribution in [3.8, 4) is 0 Å². The monoisotopic (exact) mass is 366 g/mol. The lowest BCUT2D eigenvalue weighted by atomic mass is 9.87. The number of sulfonamides is 1. The first-order valence-corrected chi connectivity index (χ1v) is 10.8. The SMILES string of the molecule is CC(C)(C)c1ccc(N(CC(=O)NC2CCCCC2)S(C)(=O)=O)cc1. The molecular weight excluding hydrogens is 336 g/mol.